The summed E-state index contributed by atoms with van der Waals surface area (Å²) in [6.07, 6.45) is 2.78. The van der Waals surface area contributed by atoms with Gasteiger partial charge in [0.2, 0.25) is 0 Å². The van der Waals surface area contributed by atoms with Crippen molar-refractivity contribution in [3.05, 3.63) is 52.0 Å². The number of aromatic nitrogens is 2. The van der Waals surface area contributed by atoms with Crippen molar-refractivity contribution >= 4 is 29.1 Å². The number of carbonyl (C=O) groups excluding carboxylic acids is 1. The summed E-state index contributed by atoms with van der Waals surface area (Å²) in [5.74, 6) is -0.109. The van der Waals surface area contributed by atoms with Gasteiger partial charge in [-0.2, -0.15) is 4.57 Å². The average Bonchev–Trinajstić information content (AvgIpc) is 2.86. The number of rotatable bonds is 5. The fourth-order valence-electron chi connectivity index (χ4n) is 2.21. The Morgan fingerprint density at radius 2 is 1.91 bits per heavy atom. The van der Waals surface area contributed by atoms with Crippen LogP contribution in [0.25, 0.3) is 11.8 Å². The molecule has 0 aliphatic rings. The van der Waals surface area contributed by atoms with Crippen molar-refractivity contribution in [1.29, 1.82) is 0 Å². The highest BCUT2D eigenvalue weighted by Gasteiger charge is 2.24. The van der Waals surface area contributed by atoms with Crippen LogP contribution in [0.15, 0.2) is 30.5 Å². The van der Waals surface area contributed by atoms with Gasteiger partial charge < -0.3 is 15.0 Å². The smallest absolute Gasteiger partial charge is 0.348 e. The number of carbonyl (C=O) groups is 1. The molecule has 2 rings (SSSR count). The van der Waals surface area contributed by atoms with Crippen molar-refractivity contribution < 1.29 is 9.72 Å². The number of hydrogen-bond donors (Lipinski definition) is 0. The van der Waals surface area contributed by atoms with E-state index in [0.29, 0.717) is 5.82 Å². The van der Waals surface area contributed by atoms with Crippen molar-refractivity contribution in [2.75, 3.05) is 19.0 Å². The van der Waals surface area contributed by atoms with Crippen molar-refractivity contribution in [2.45, 2.75) is 13.8 Å². The van der Waals surface area contributed by atoms with Gasteiger partial charge >= 0.3 is 5.82 Å². The van der Waals surface area contributed by atoms with E-state index in [2.05, 4.69) is 4.98 Å². The fourth-order valence-corrected chi connectivity index (χ4v) is 2.21. The standard InChI is InChI=1S/C16H18N4O3/c1-11(21)15(19-12(2)17-10-16(19)20(22)23)9-13-5-7-14(8-6-13)18(3)4/h5-10H,1-4H3/b15-9+. The summed E-state index contributed by atoms with van der Waals surface area (Å²) in [6, 6.07) is 7.55. The zero-order valence-corrected chi connectivity index (χ0v) is 13.5. The molecule has 120 valence electrons. The Morgan fingerprint density at radius 1 is 1.30 bits per heavy atom. The van der Waals surface area contributed by atoms with E-state index in [9.17, 15) is 14.9 Å². The minimum Gasteiger partial charge on any atom is -0.378 e. The summed E-state index contributed by atoms with van der Waals surface area (Å²) < 4.78 is 1.27. The molecule has 23 heavy (non-hydrogen) atoms. The molecule has 0 unspecified atom stereocenters. The number of allylic oxidation sites excluding steroid dienone is 1. The van der Waals surface area contributed by atoms with Crippen LogP contribution in [-0.4, -0.2) is 34.4 Å². The molecule has 0 saturated carbocycles. The number of ketones is 1. The van der Waals surface area contributed by atoms with Gasteiger partial charge in [-0.05, 0) is 28.7 Å². The van der Waals surface area contributed by atoms with E-state index in [1.807, 2.05) is 43.3 Å². The molecule has 0 spiro atoms. The second kappa shape index (κ2) is 6.43. The lowest BCUT2D eigenvalue weighted by molar-refractivity contribution is -0.390. The van der Waals surface area contributed by atoms with Crippen molar-refractivity contribution in [3.8, 4) is 0 Å². The molecule has 2 aromatic rings. The van der Waals surface area contributed by atoms with Gasteiger partial charge in [-0.25, -0.2) is 4.98 Å². The SMILES string of the molecule is CC(=O)/C(=C\c1ccc(N(C)C)cc1)n1c([N+](=O)[O-])cnc1C. The van der Waals surface area contributed by atoms with E-state index in [4.69, 9.17) is 0 Å². The van der Waals surface area contributed by atoms with Gasteiger partial charge in [0.1, 0.15) is 6.20 Å². The summed E-state index contributed by atoms with van der Waals surface area (Å²) in [6.45, 7) is 3.00. The minimum atomic E-state index is -0.550. The minimum absolute atomic E-state index is 0.212. The van der Waals surface area contributed by atoms with E-state index >= 15 is 0 Å². The monoisotopic (exact) mass is 314 g/mol. The lowest BCUT2D eigenvalue weighted by Crippen LogP contribution is -2.10. The van der Waals surface area contributed by atoms with Crippen molar-refractivity contribution in [3.63, 3.8) is 0 Å². The van der Waals surface area contributed by atoms with Crippen LogP contribution < -0.4 is 4.90 Å². The average molecular weight is 314 g/mol. The van der Waals surface area contributed by atoms with Crippen molar-refractivity contribution in [1.82, 2.24) is 9.55 Å². The van der Waals surface area contributed by atoms with E-state index < -0.39 is 4.92 Å². The zero-order valence-electron chi connectivity index (χ0n) is 13.5. The second-order valence-corrected chi connectivity index (χ2v) is 5.33. The molecule has 1 aromatic heterocycles. The third-order valence-electron chi connectivity index (χ3n) is 3.42. The number of hydrogen-bond acceptors (Lipinski definition) is 5. The first kappa shape index (κ1) is 16.4. The van der Waals surface area contributed by atoms with E-state index in [1.165, 1.54) is 11.5 Å². The van der Waals surface area contributed by atoms with Gasteiger partial charge in [-0.1, -0.05) is 12.1 Å². The Labute approximate surface area is 134 Å². The summed E-state index contributed by atoms with van der Waals surface area (Å²) in [7, 11) is 3.87. The topological polar surface area (TPSA) is 81.3 Å². The predicted octanol–water partition coefficient (Wildman–Crippen LogP) is 2.75. The Morgan fingerprint density at radius 3 is 2.39 bits per heavy atom. The van der Waals surface area contributed by atoms with Crippen LogP contribution in [0.5, 0.6) is 0 Å². The summed E-state index contributed by atoms with van der Waals surface area (Å²) in [5, 5.41) is 11.1. The summed E-state index contributed by atoms with van der Waals surface area (Å²) >= 11 is 0. The molecule has 0 amide bonds. The summed E-state index contributed by atoms with van der Waals surface area (Å²) in [5.41, 5.74) is 2.02. The van der Waals surface area contributed by atoms with Crippen LogP contribution in [0, 0.1) is 17.0 Å². The first-order chi connectivity index (χ1) is 10.8. The van der Waals surface area contributed by atoms with Gasteiger partial charge in [0, 0.05) is 33.6 Å². The number of benzene rings is 1. The Balaban J connectivity index is 2.53. The number of aryl methyl sites for hydroxylation is 1. The maximum Gasteiger partial charge on any atom is 0.348 e. The molecule has 0 aliphatic heterocycles. The van der Waals surface area contributed by atoms with Gasteiger partial charge in [0.25, 0.3) is 0 Å². The maximum absolute atomic E-state index is 12.0. The zero-order chi connectivity index (χ0) is 17.1. The van der Waals surface area contributed by atoms with E-state index in [-0.39, 0.29) is 17.3 Å². The van der Waals surface area contributed by atoms with Crippen molar-refractivity contribution in [2.24, 2.45) is 0 Å². The van der Waals surface area contributed by atoms with Crippen LogP contribution in [0.2, 0.25) is 0 Å². The number of anilines is 1. The van der Waals surface area contributed by atoms with Crippen LogP contribution in [0.3, 0.4) is 0 Å². The second-order valence-electron chi connectivity index (χ2n) is 5.33. The summed E-state index contributed by atoms with van der Waals surface area (Å²) in [4.78, 5) is 28.5. The van der Waals surface area contributed by atoms with Crippen LogP contribution in [0.4, 0.5) is 11.5 Å². The van der Waals surface area contributed by atoms with Gasteiger partial charge in [-0.15, -0.1) is 0 Å². The Bertz CT molecular complexity index is 773. The molecular weight excluding hydrogens is 296 g/mol. The molecule has 0 aliphatic carbocycles. The van der Waals surface area contributed by atoms with Gasteiger partial charge in [0.15, 0.2) is 17.3 Å². The highest BCUT2D eigenvalue weighted by atomic mass is 16.6. The van der Waals surface area contributed by atoms with Crippen LogP contribution >= 0.6 is 0 Å². The molecule has 7 heteroatoms. The normalized spacial score (nSPS) is 11.4. The largest absolute Gasteiger partial charge is 0.378 e. The number of imidazole rings is 1. The first-order valence-corrected chi connectivity index (χ1v) is 7.00. The van der Waals surface area contributed by atoms with Crippen LogP contribution in [-0.2, 0) is 4.79 Å². The molecule has 0 saturated heterocycles. The third kappa shape index (κ3) is 3.45. The van der Waals surface area contributed by atoms with Gasteiger partial charge in [0.05, 0.1) is 0 Å². The molecule has 0 N–H and O–H groups in total. The molecule has 0 atom stereocenters. The Kier molecular flexibility index (Phi) is 4.59. The van der Waals surface area contributed by atoms with Gasteiger partial charge in [-0.3, -0.25) is 4.79 Å². The molecule has 0 fully saturated rings. The molecule has 7 nitrogen and oxygen atoms in total. The quantitative estimate of drug-likeness (QED) is 0.481. The number of Topliss-reactive ketones (excluding diaryl/α,β-unsaturated/α-hetero) is 1. The molecule has 1 heterocycles. The number of nitrogens with zero attached hydrogens (tertiary/aromatic N) is 4. The molecule has 1 aromatic carbocycles. The lowest BCUT2D eigenvalue weighted by Gasteiger charge is -2.12. The van der Waals surface area contributed by atoms with E-state index in [1.54, 1.807) is 13.0 Å². The lowest BCUT2D eigenvalue weighted by atomic mass is 10.1. The predicted molar refractivity (Wildman–Crippen MR) is 89.2 cm³/mol. The maximum atomic E-state index is 12.0. The fraction of sp³-hybridized carbons (Fsp3) is 0.250. The molecule has 0 radical (unpaired) electrons. The van der Waals surface area contributed by atoms with Crippen LogP contribution in [0.1, 0.15) is 18.3 Å². The Hall–Kier alpha value is -2.96. The number of nitro groups is 1. The first-order valence-electron chi connectivity index (χ1n) is 7.00. The highest BCUT2D eigenvalue weighted by molar-refractivity contribution is 6.19. The molecule has 0 bridgehead atoms. The highest BCUT2D eigenvalue weighted by Crippen LogP contribution is 2.23. The van der Waals surface area contributed by atoms with E-state index in [0.717, 1.165) is 17.4 Å². The molecular formula is C16H18N4O3. The third-order valence-corrected chi connectivity index (χ3v) is 3.42.